The molecule has 0 saturated carbocycles. The second-order valence-corrected chi connectivity index (χ2v) is 7.43. The van der Waals surface area contributed by atoms with Gasteiger partial charge >= 0.3 is 0 Å². The first-order valence-corrected chi connectivity index (χ1v) is 9.26. The Morgan fingerprint density at radius 1 is 1.50 bits per heavy atom. The maximum Gasteiger partial charge on any atom is 0.240 e. The highest BCUT2D eigenvalue weighted by Gasteiger charge is 2.32. The van der Waals surface area contributed by atoms with Gasteiger partial charge in [-0.15, -0.1) is 11.3 Å². The number of aliphatic hydroxyl groups is 1. The molecule has 0 aromatic carbocycles. The van der Waals surface area contributed by atoms with Crippen LogP contribution in [-0.4, -0.2) is 46.7 Å². The van der Waals surface area contributed by atoms with Gasteiger partial charge < -0.3 is 10.0 Å². The number of hydrogen-bond acceptors (Lipinski definition) is 5. The van der Waals surface area contributed by atoms with Crippen molar-refractivity contribution in [2.45, 2.75) is 51.0 Å². The molecule has 0 bridgehead atoms. The van der Waals surface area contributed by atoms with E-state index in [9.17, 15) is 14.7 Å². The van der Waals surface area contributed by atoms with Crippen molar-refractivity contribution in [2.75, 3.05) is 13.1 Å². The van der Waals surface area contributed by atoms with Crippen molar-refractivity contribution in [3.05, 3.63) is 21.9 Å². The predicted molar refractivity (Wildman–Crippen MR) is 93.0 cm³/mol. The number of β-amino-alcohol motifs (C(OH)–C–C–N with tert-alkyl or cyclic N) is 1. The fourth-order valence-corrected chi connectivity index (χ4v) is 4.45. The van der Waals surface area contributed by atoms with E-state index < -0.39 is 6.10 Å². The molecule has 24 heavy (non-hydrogen) atoms. The Bertz CT molecular complexity index is 655. The number of hydrogen-bond donors (Lipinski definition) is 2. The normalized spacial score (nSPS) is 24.5. The van der Waals surface area contributed by atoms with Crippen LogP contribution in [0.3, 0.4) is 0 Å². The number of hydrazone groups is 1. The summed E-state index contributed by atoms with van der Waals surface area (Å²) in [6.07, 6.45) is 2.30. The number of thiophene rings is 1. The number of aliphatic hydroxyl groups excluding tert-OH is 1. The number of likely N-dealkylation sites (tertiary alicyclic amines) is 1. The van der Waals surface area contributed by atoms with E-state index in [0.29, 0.717) is 38.8 Å². The van der Waals surface area contributed by atoms with Crippen molar-refractivity contribution in [1.82, 2.24) is 10.3 Å². The van der Waals surface area contributed by atoms with Gasteiger partial charge in [0.25, 0.3) is 0 Å². The molecule has 0 unspecified atom stereocenters. The van der Waals surface area contributed by atoms with Gasteiger partial charge in [0.15, 0.2) is 0 Å². The SMILES string of the molecule is Cc1ccsc1[C@@H]1CCN(C(=O)CCC2=NNC(=O)CC2)C[C@H]1O. The van der Waals surface area contributed by atoms with Crippen LogP contribution in [0.15, 0.2) is 16.5 Å². The van der Waals surface area contributed by atoms with Gasteiger partial charge in [-0.1, -0.05) is 0 Å². The van der Waals surface area contributed by atoms with Crippen molar-refractivity contribution in [3.63, 3.8) is 0 Å². The van der Waals surface area contributed by atoms with Crippen molar-refractivity contribution in [1.29, 1.82) is 0 Å². The zero-order chi connectivity index (χ0) is 17.1. The van der Waals surface area contributed by atoms with Crippen molar-refractivity contribution in [2.24, 2.45) is 5.10 Å². The average Bonchev–Trinajstić information content (AvgIpc) is 3.00. The first kappa shape index (κ1) is 17.1. The van der Waals surface area contributed by atoms with Crippen LogP contribution in [0.5, 0.6) is 0 Å². The second kappa shape index (κ2) is 7.44. The Morgan fingerprint density at radius 2 is 2.33 bits per heavy atom. The molecule has 0 radical (unpaired) electrons. The van der Waals surface area contributed by atoms with Gasteiger partial charge in [0, 0.05) is 42.4 Å². The number of rotatable bonds is 4. The highest BCUT2D eigenvalue weighted by Crippen LogP contribution is 2.34. The maximum atomic E-state index is 12.4. The van der Waals surface area contributed by atoms with Crippen LogP contribution < -0.4 is 5.43 Å². The molecule has 2 atom stereocenters. The van der Waals surface area contributed by atoms with Crippen LogP contribution in [0.25, 0.3) is 0 Å². The van der Waals surface area contributed by atoms with Crippen molar-refractivity contribution < 1.29 is 14.7 Å². The Morgan fingerprint density at radius 3 is 2.96 bits per heavy atom. The Balaban J connectivity index is 1.51. The van der Waals surface area contributed by atoms with Crippen molar-refractivity contribution in [3.8, 4) is 0 Å². The van der Waals surface area contributed by atoms with Gasteiger partial charge in [-0.2, -0.15) is 5.10 Å². The second-order valence-electron chi connectivity index (χ2n) is 6.48. The summed E-state index contributed by atoms with van der Waals surface area (Å²) in [6, 6.07) is 2.08. The lowest BCUT2D eigenvalue weighted by atomic mass is 9.90. The molecule has 7 heteroatoms. The fraction of sp³-hybridized carbons (Fsp3) is 0.588. The molecule has 3 rings (SSSR count). The van der Waals surface area contributed by atoms with Crippen LogP contribution in [0.1, 0.15) is 48.5 Å². The molecule has 1 fully saturated rings. The van der Waals surface area contributed by atoms with E-state index in [1.165, 1.54) is 10.4 Å². The molecule has 2 amide bonds. The van der Waals surface area contributed by atoms with E-state index >= 15 is 0 Å². The topological polar surface area (TPSA) is 82.0 Å². The van der Waals surface area contributed by atoms with E-state index in [4.69, 9.17) is 0 Å². The first-order chi connectivity index (χ1) is 11.5. The minimum Gasteiger partial charge on any atom is -0.391 e. The molecule has 0 aliphatic carbocycles. The van der Waals surface area contributed by atoms with Crippen molar-refractivity contribution >= 4 is 28.9 Å². The number of aryl methyl sites for hydroxylation is 1. The van der Waals surface area contributed by atoms with Crippen LogP contribution in [0.2, 0.25) is 0 Å². The van der Waals surface area contributed by atoms with E-state index in [2.05, 4.69) is 28.9 Å². The van der Waals surface area contributed by atoms with E-state index in [0.717, 1.165) is 12.1 Å². The highest BCUT2D eigenvalue weighted by atomic mass is 32.1. The molecular formula is C17H23N3O3S. The highest BCUT2D eigenvalue weighted by molar-refractivity contribution is 7.10. The zero-order valence-electron chi connectivity index (χ0n) is 13.8. The summed E-state index contributed by atoms with van der Waals surface area (Å²) in [5.74, 6) is 0.112. The van der Waals surface area contributed by atoms with Gasteiger partial charge in [-0.3, -0.25) is 9.59 Å². The third kappa shape index (κ3) is 3.84. The molecule has 6 nitrogen and oxygen atoms in total. The molecular weight excluding hydrogens is 326 g/mol. The largest absolute Gasteiger partial charge is 0.391 e. The molecule has 2 aliphatic rings. The number of nitrogens with one attached hydrogen (secondary N) is 1. The first-order valence-electron chi connectivity index (χ1n) is 8.38. The summed E-state index contributed by atoms with van der Waals surface area (Å²) in [7, 11) is 0. The molecule has 2 N–H and O–H groups in total. The minimum absolute atomic E-state index is 0.0509. The molecule has 1 saturated heterocycles. The lowest BCUT2D eigenvalue weighted by Crippen LogP contribution is -2.45. The Kier molecular flexibility index (Phi) is 5.30. The third-order valence-electron chi connectivity index (χ3n) is 4.78. The molecule has 2 aliphatic heterocycles. The minimum atomic E-state index is -0.508. The lowest BCUT2D eigenvalue weighted by Gasteiger charge is -2.36. The zero-order valence-corrected chi connectivity index (χ0v) is 14.6. The van der Waals surface area contributed by atoms with Gasteiger partial charge in [0.2, 0.25) is 11.8 Å². The summed E-state index contributed by atoms with van der Waals surface area (Å²) in [5.41, 5.74) is 4.55. The summed E-state index contributed by atoms with van der Waals surface area (Å²) >= 11 is 1.69. The maximum absolute atomic E-state index is 12.4. The quantitative estimate of drug-likeness (QED) is 0.869. The molecule has 1 aromatic rings. The predicted octanol–water partition coefficient (Wildman–Crippen LogP) is 1.78. The smallest absolute Gasteiger partial charge is 0.240 e. The summed E-state index contributed by atoms with van der Waals surface area (Å²) in [4.78, 5) is 26.4. The molecule has 3 heterocycles. The monoisotopic (exact) mass is 349 g/mol. The summed E-state index contributed by atoms with van der Waals surface area (Å²) in [6.45, 7) is 3.14. The summed E-state index contributed by atoms with van der Waals surface area (Å²) in [5, 5.41) is 16.5. The summed E-state index contributed by atoms with van der Waals surface area (Å²) < 4.78 is 0. The number of carbonyl (C=O) groups is 2. The Labute approximate surface area is 145 Å². The van der Waals surface area contributed by atoms with Crippen LogP contribution in [0.4, 0.5) is 0 Å². The standard InChI is InChI=1S/C17H23N3O3S/c1-11-7-9-24-17(11)13-6-8-20(10-14(13)21)16(23)5-3-12-2-4-15(22)19-18-12/h7,9,13-14,21H,2-6,8,10H2,1H3,(H,19,22)/t13-,14-/m1/s1. The van der Waals surface area contributed by atoms with Gasteiger partial charge in [-0.25, -0.2) is 5.43 Å². The van der Waals surface area contributed by atoms with E-state index in [1.807, 2.05) is 0 Å². The number of piperidine rings is 1. The van der Waals surface area contributed by atoms with Crippen LogP contribution in [-0.2, 0) is 9.59 Å². The fourth-order valence-electron chi connectivity index (χ4n) is 3.33. The molecule has 1 aromatic heterocycles. The van der Waals surface area contributed by atoms with E-state index in [1.54, 1.807) is 16.2 Å². The number of carbonyl (C=O) groups excluding carboxylic acids is 2. The molecule has 130 valence electrons. The number of nitrogens with zero attached hydrogens (tertiary/aromatic N) is 2. The van der Waals surface area contributed by atoms with E-state index in [-0.39, 0.29) is 17.7 Å². The van der Waals surface area contributed by atoms with Gasteiger partial charge in [0.05, 0.1) is 6.10 Å². The van der Waals surface area contributed by atoms with Gasteiger partial charge in [-0.05, 0) is 43.2 Å². The third-order valence-corrected chi connectivity index (χ3v) is 5.93. The Hall–Kier alpha value is -1.73. The van der Waals surface area contributed by atoms with Crippen LogP contribution in [0, 0.1) is 6.92 Å². The lowest BCUT2D eigenvalue weighted by molar-refractivity contribution is -0.134. The number of amides is 2. The average molecular weight is 349 g/mol. The van der Waals surface area contributed by atoms with Crippen LogP contribution >= 0.6 is 11.3 Å². The van der Waals surface area contributed by atoms with Gasteiger partial charge in [0.1, 0.15) is 0 Å². The molecule has 0 spiro atoms.